The Balaban J connectivity index is 1.54. The predicted molar refractivity (Wildman–Crippen MR) is 62.4 cm³/mol. The Morgan fingerprint density at radius 2 is 2.60 bits per heavy atom. The van der Waals surface area contributed by atoms with E-state index in [4.69, 9.17) is 4.74 Å². The van der Waals surface area contributed by atoms with E-state index < -0.39 is 0 Å². The highest BCUT2D eigenvalue weighted by molar-refractivity contribution is 7.11. The molecule has 15 heavy (non-hydrogen) atoms. The van der Waals surface area contributed by atoms with Crippen LogP contribution < -0.4 is 10.1 Å². The lowest BCUT2D eigenvalue weighted by Gasteiger charge is -2.22. The Morgan fingerprint density at radius 3 is 3.33 bits per heavy atom. The highest BCUT2D eigenvalue weighted by Crippen LogP contribution is 2.17. The number of hydrogen-bond donors (Lipinski definition) is 1. The van der Waals surface area contributed by atoms with Crippen molar-refractivity contribution in [3.05, 3.63) is 11.6 Å². The molecular formula is C11H18N2OS. The van der Waals surface area contributed by atoms with Gasteiger partial charge in [-0.2, -0.15) is 0 Å². The summed E-state index contributed by atoms with van der Waals surface area (Å²) in [5, 5.41) is 6.19. The van der Waals surface area contributed by atoms with Gasteiger partial charge < -0.3 is 10.1 Å². The van der Waals surface area contributed by atoms with Crippen LogP contribution in [-0.4, -0.2) is 24.7 Å². The lowest BCUT2D eigenvalue weighted by atomic mass is 9.95. The first-order valence-electron chi connectivity index (χ1n) is 5.68. The van der Waals surface area contributed by atoms with E-state index >= 15 is 0 Å². The Morgan fingerprint density at radius 1 is 1.60 bits per heavy atom. The van der Waals surface area contributed by atoms with Crippen molar-refractivity contribution in [1.29, 1.82) is 0 Å². The largest absolute Gasteiger partial charge is 0.470 e. The minimum atomic E-state index is 0.803. The van der Waals surface area contributed by atoms with Crippen molar-refractivity contribution in [3.63, 3.8) is 0 Å². The quantitative estimate of drug-likeness (QED) is 0.782. The molecular weight excluding hydrogens is 208 g/mol. The van der Waals surface area contributed by atoms with E-state index in [-0.39, 0.29) is 0 Å². The second kappa shape index (κ2) is 6.08. The van der Waals surface area contributed by atoms with Crippen LogP contribution in [0.5, 0.6) is 5.19 Å². The summed E-state index contributed by atoms with van der Waals surface area (Å²) in [7, 11) is 0. The van der Waals surface area contributed by atoms with Crippen LogP contribution in [0.25, 0.3) is 0 Å². The Bertz CT molecular complexity index is 258. The summed E-state index contributed by atoms with van der Waals surface area (Å²) in [5.41, 5.74) is 0. The molecule has 1 aromatic heterocycles. The van der Waals surface area contributed by atoms with E-state index in [1.54, 1.807) is 17.5 Å². The molecule has 1 aliphatic heterocycles. The minimum absolute atomic E-state index is 0.803. The van der Waals surface area contributed by atoms with Gasteiger partial charge in [0.2, 0.25) is 0 Å². The number of ether oxygens (including phenoxy) is 1. The molecule has 0 radical (unpaired) electrons. The van der Waals surface area contributed by atoms with E-state index in [2.05, 4.69) is 10.3 Å². The fourth-order valence-corrected chi connectivity index (χ4v) is 2.49. The fraction of sp³-hybridized carbons (Fsp3) is 0.727. The van der Waals surface area contributed by atoms with E-state index in [0.717, 1.165) is 24.1 Å². The van der Waals surface area contributed by atoms with Crippen LogP contribution in [0.3, 0.4) is 0 Å². The first kappa shape index (κ1) is 10.9. The Labute approximate surface area is 94.9 Å². The highest BCUT2D eigenvalue weighted by atomic mass is 32.1. The summed E-state index contributed by atoms with van der Waals surface area (Å²) < 4.78 is 5.52. The SMILES string of the molecule is c1csc(OCCC[C@H]2CCCNC2)n1. The van der Waals surface area contributed by atoms with Gasteiger partial charge in [0.1, 0.15) is 0 Å². The third-order valence-corrected chi connectivity index (χ3v) is 3.47. The maximum Gasteiger partial charge on any atom is 0.273 e. The summed E-state index contributed by atoms with van der Waals surface area (Å²) >= 11 is 1.56. The van der Waals surface area contributed by atoms with Gasteiger partial charge in [-0.25, -0.2) is 4.98 Å². The molecule has 0 spiro atoms. The summed E-state index contributed by atoms with van der Waals surface area (Å²) in [5.74, 6) is 0.860. The molecule has 0 aliphatic carbocycles. The van der Waals surface area contributed by atoms with Gasteiger partial charge in [0, 0.05) is 11.6 Å². The molecule has 2 heterocycles. The van der Waals surface area contributed by atoms with Crippen LogP contribution in [0, 0.1) is 5.92 Å². The van der Waals surface area contributed by atoms with Crippen molar-refractivity contribution >= 4 is 11.3 Å². The van der Waals surface area contributed by atoms with Crippen molar-refractivity contribution in [2.75, 3.05) is 19.7 Å². The van der Waals surface area contributed by atoms with E-state index in [1.165, 1.54) is 32.4 Å². The normalized spacial score (nSPS) is 21.5. The molecule has 1 saturated heterocycles. The topological polar surface area (TPSA) is 34.1 Å². The van der Waals surface area contributed by atoms with Crippen LogP contribution >= 0.6 is 11.3 Å². The molecule has 1 aromatic rings. The summed E-state index contributed by atoms with van der Waals surface area (Å²) in [6.07, 6.45) is 6.91. The molecule has 3 nitrogen and oxygen atoms in total. The zero-order chi connectivity index (χ0) is 10.3. The Kier molecular flexibility index (Phi) is 4.41. The van der Waals surface area contributed by atoms with Crippen molar-refractivity contribution < 1.29 is 4.74 Å². The van der Waals surface area contributed by atoms with Gasteiger partial charge in [0.05, 0.1) is 6.61 Å². The van der Waals surface area contributed by atoms with E-state index in [9.17, 15) is 0 Å². The highest BCUT2D eigenvalue weighted by Gasteiger charge is 2.12. The number of nitrogens with zero attached hydrogens (tertiary/aromatic N) is 1. The molecule has 1 atom stereocenters. The number of rotatable bonds is 5. The maximum atomic E-state index is 5.52. The van der Waals surface area contributed by atoms with Gasteiger partial charge in [-0.05, 0) is 44.7 Å². The van der Waals surface area contributed by atoms with Gasteiger partial charge in [0.15, 0.2) is 0 Å². The third kappa shape index (κ3) is 3.80. The molecule has 0 unspecified atom stereocenters. The van der Waals surface area contributed by atoms with E-state index in [1.807, 2.05) is 5.38 Å². The number of piperidine rings is 1. The Hall–Kier alpha value is -0.610. The first-order valence-corrected chi connectivity index (χ1v) is 6.56. The minimum Gasteiger partial charge on any atom is -0.470 e. The number of hydrogen-bond acceptors (Lipinski definition) is 4. The molecule has 1 fully saturated rings. The summed E-state index contributed by atoms with van der Waals surface area (Å²) in [6, 6.07) is 0. The lowest BCUT2D eigenvalue weighted by molar-refractivity contribution is 0.274. The second-order valence-electron chi connectivity index (χ2n) is 4.00. The van der Waals surface area contributed by atoms with Crippen LogP contribution in [0.1, 0.15) is 25.7 Å². The number of aromatic nitrogens is 1. The molecule has 0 saturated carbocycles. The molecule has 0 aromatic carbocycles. The fourth-order valence-electron chi connectivity index (χ4n) is 1.98. The third-order valence-electron chi connectivity index (χ3n) is 2.79. The van der Waals surface area contributed by atoms with Gasteiger partial charge in [-0.3, -0.25) is 0 Å². The van der Waals surface area contributed by atoms with Crippen molar-refractivity contribution in [3.8, 4) is 5.19 Å². The second-order valence-corrected chi connectivity index (χ2v) is 4.86. The first-order chi connectivity index (χ1) is 7.45. The van der Waals surface area contributed by atoms with Crippen molar-refractivity contribution in [2.24, 2.45) is 5.92 Å². The molecule has 0 bridgehead atoms. The monoisotopic (exact) mass is 226 g/mol. The van der Waals surface area contributed by atoms with E-state index in [0.29, 0.717) is 0 Å². The zero-order valence-electron chi connectivity index (χ0n) is 8.95. The molecule has 1 aliphatic rings. The maximum absolute atomic E-state index is 5.52. The standard InChI is InChI=1S/C11H18N2OS/c1-3-10(9-12-5-1)4-2-7-14-11-13-6-8-15-11/h6,8,10,12H,1-5,7,9H2/t10-/m1/s1. The average Bonchev–Trinajstić information content (AvgIpc) is 2.79. The van der Waals surface area contributed by atoms with Crippen molar-refractivity contribution in [1.82, 2.24) is 10.3 Å². The van der Waals surface area contributed by atoms with Gasteiger partial charge >= 0.3 is 0 Å². The molecule has 84 valence electrons. The lowest BCUT2D eigenvalue weighted by Crippen LogP contribution is -2.29. The summed E-state index contributed by atoms with van der Waals surface area (Å²) in [6.45, 7) is 3.20. The van der Waals surface area contributed by atoms with Gasteiger partial charge in [-0.15, -0.1) is 0 Å². The molecule has 1 N–H and O–H groups in total. The zero-order valence-corrected chi connectivity index (χ0v) is 9.76. The average molecular weight is 226 g/mol. The van der Waals surface area contributed by atoms with Crippen LogP contribution in [0.2, 0.25) is 0 Å². The van der Waals surface area contributed by atoms with Gasteiger partial charge in [0.25, 0.3) is 5.19 Å². The number of thiazole rings is 1. The van der Waals surface area contributed by atoms with Crippen LogP contribution in [0.4, 0.5) is 0 Å². The van der Waals surface area contributed by atoms with Crippen LogP contribution in [0.15, 0.2) is 11.6 Å². The molecule has 2 rings (SSSR count). The molecule has 0 amide bonds. The smallest absolute Gasteiger partial charge is 0.273 e. The summed E-state index contributed by atoms with van der Waals surface area (Å²) in [4.78, 5) is 4.08. The number of nitrogens with one attached hydrogen (secondary N) is 1. The molecule has 4 heteroatoms. The predicted octanol–water partition coefficient (Wildman–Crippen LogP) is 2.30. The van der Waals surface area contributed by atoms with Gasteiger partial charge in [-0.1, -0.05) is 11.3 Å². The van der Waals surface area contributed by atoms with Crippen LogP contribution in [-0.2, 0) is 0 Å². The van der Waals surface area contributed by atoms with Crippen molar-refractivity contribution in [2.45, 2.75) is 25.7 Å².